The molecule has 0 fully saturated rings. The van der Waals surface area contributed by atoms with Crippen LogP contribution in [0.25, 0.3) is 33.4 Å². The molecule has 1 aliphatic carbocycles. The zero-order chi connectivity index (χ0) is 33.6. The zero-order valence-corrected chi connectivity index (χ0v) is 29.5. The quantitative estimate of drug-likeness (QED) is 0.0831. The summed E-state index contributed by atoms with van der Waals surface area (Å²) in [6.07, 6.45) is 3.68. The van der Waals surface area contributed by atoms with Crippen LogP contribution in [0.4, 0.5) is 5.69 Å². The van der Waals surface area contributed by atoms with Gasteiger partial charge in [0.05, 0.1) is 15.9 Å². The van der Waals surface area contributed by atoms with E-state index in [-0.39, 0.29) is 17.4 Å². The summed E-state index contributed by atoms with van der Waals surface area (Å²) < 4.78 is 74.1. The van der Waals surface area contributed by atoms with E-state index in [4.69, 9.17) is 4.42 Å². The van der Waals surface area contributed by atoms with Gasteiger partial charge in [0.25, 0.3) is 10.1 Å². The number of hydrogen-bond donors (Lipinski definition) is 2. The maximum absolute atomic E-state index is 14.1. The van der Waals surface area contributed by atoms with E-state index in [0.717, 1.165) is 69.0 Å². The fraction of sp³-hybridized carbons (Fsp3) is 0.457. The molecule has 4 rings (SSSR count). The minimum Gasteiger partial charge on any atom is -0.456 e. The number of nitrogens with one attached hydrogen (secondary N) is 1. The Balaban J connectivity index is 2.07. The topological polar surface area (TPSA) is 120 Å². The van der Waals surface area contributed by atoms with E-state index in [1.54, 1.807) is 0 Å². The highest BCUT2D eigenvalue weighted by atomic mass is 32.2. The van der Waals surface area contributed by atoms with Gasteiger partial charge in [0.15, 0.2) is 0 Å². The van der Waals surface area contributed by atoms with Crippen LogP contribution in [-0.2, 0) is 20.1 Å². The van der Waals surface area contributed by atoms with E-state index in [9.17, 15) is 21.4 Å². The Kier molecular flexibility index (Phi) is 11.7. The summed E-state index contributed by atoms with van der Waals surface area (Å²) in [5.74, 6) is 0.710. The highest BCUT2D eigenvalue weighted by Crippen LogP contribution is 2.43. The Hall–Kier alpha value is -3.25. The predicted octanol–water partition coefficient (Wildman–Crippen LogP) is 6.60. The van der Waals surface area contributed by atoms with Gasteiger partial charge >= 0.3 is 0 Å². The number of nitrogens with zero attached hydrogens (tertiary/aromatic N) is 2. The van der Waals surface area contributed by atoms with Crippen molar-refractivity contribution in [3.63, 3.8) is 0 Å². The molecule has 2 aromatic carbocycles. The van der Waals surface area contributed by atoms with Crippen LogP contribution in [0.2, 0.25) is 0 Å². The van der Waals surface area contributed by atoms with Gasteiger partial charge in [-0.1, -0.05) is 39.2 Å². The van der Waals surface area contributed by atoms with Crippen LogP contribution in [0.1, 0.15) is 67.2 Å². The summed E-state index contributed by atoms with van der Waals surface area (Å²) in [4.78, 5) is 1.49. The molecule has 1 aliphatic heterocycles. The van der Waals surface area contributed by atoms with Crippen molar-refractivity contribution in [3.05, 3.63) is 60.0 Å². The first-order chi connectivity index (χ1) is 21.9. The Labute approximate surface area is 274 Å². The van der Waals surface area contributed by atoms with E-state index in [2.05, 4.69) is 48.8 Å². The Morgan fingerprint density at radius 1 is 0.870 bits per heavy atom. The van der Waals surface area contributed by atoms with E-state index in [1.807, 2.05) is 43.3 Å². The van der Waals surface area contributed by atoms with Gasteiger partial charge in [-0.05, 0) is 70.4 Å². The first-order valence-electron chi connectivity index (χ1n) is 16.4. The van der Waals surface area contributed by atoms with E-state index in [0.29, 0.717) is 33.4 Å². The molecule has 0 bridgehead atoms. The van der Waals surface area contributed by atoms with Crippen molar-refractivity contribution in [2.75, 3.05) is 37.6 Å². The smallest absolute Gasteiger partial charge is 0.294 e. The molecule has 2 N–H and O–H groups in total. The molecule has 250 valence electrons. The van der Waals surface area contributed by atoms with Crippen molar-refractivity contribution >= 4 is 36.8 Å². The average molecular weight is 671 g/mol. The highest BCUT2D eigenvalue weighted by molar-refractivity contribution is 7.89. The first kappa shape index (κ1) is 35.6. The number of benzene rings is 3. The van der Waals surface area contributed by atoms with E-state index in [1.165, 1.54) is 12.1 Å². The van der Waals surface area contributed by atoms with Crippen LogP contribution >= 0.6 is 0 Å². The monoisotopic (exact) mass is 670 g/mol. The van der Waals surface area contributed by atoms with Crippen LogP contribution in [0, 0.1) is 5.92 Å². The maximum atomic E-state index is 14.1. The SMILES string of the molecule is CCCCC(CC)CNS(=O)(=O)c1cc(S(=O)(=O)O)ccc1-c1c2ccc(=[N+](CC)CC)cc-2oc2cc(N(CC)CC)ccc12. The average Bonchev–Trinajstić information content (AvgIpc) is 3.04. The Morgan fingerprint density at radius 3 is 2.17 bits per heavy atom. The fourth-order valence-electron chi connectivity index (χ4n) is 6.07. The zero-order valence-electron chi connectivity index (χ0n) is 27.8. The highest BCUT2D eigenvalue weighted by Gasteiger charge is 2.28. The molecule has 1 heterocycles. The van der Waals surface area contributed by atoms with Gasteiger partial charge in [-0.15, -0.1) is 0 Å². The van der Waals surface area contributed by atoms with Gasteiger partial charge in [0.1, 0.15) is 24.4 Å². The fourth-order valence-corrected chi connectivity index (χ4v) is 8.00. The van der Waals surface area contributed by atoms with Crippen molar-refractivity contribution in [1.82, 2.24) is 9.30 Å². The molecule has 2 aliphatic rings. The van der Waals surface area contributed by atoms with Gasteiger partial charge in [-0.3, -0.25) is 4.55 Å². The van der Waals surface area contributed by atoms with Gasteiger partial charge in [-0.25, -0.2) is 17.7 Å². The third-order valence-corrected chi connectivity index (χ3v) is 11.2. The minimum atomic E-state index is -4.68. The molecule has 0 aromatic heterocycles. The van der Waals surface area contributed by atoms with Gasteiger partial charge < -0.3 is 9.32 Å². The standard InChI is InChI=1S/C35H47N3O6S2/c1-7-13-14-25(8-2)24-36-45(39,40)34-23-28(46(41,42)43)17-20-31(34)35-29-18-15-26(37(9-3)10-4)21-32(29)44-33-22-27(16-19-30(33)35)38(11-5)12-6/h15-23,25,36H,7-14,24H2,1-6H3/p+1. The lowest BCUT2D eigenvalue weighted by Crippen LogP contribution is -2.30. The molecular weight excluding hydrogens is 623 g/mol. The Bertz CT molecular complexity index is 1920. The Morgan fingerprint density at radius 2 is 1.57 bits per heavy atom. The second kappa shape index (κ2) is 15.1. The van der Waals surface area contributed by atoms with Gasteiger partial charge in [-0.2, -0.15) is 8.42 Å². The molecular formula is C35H48N3O6S2+. The molecule has 1 unspecified atom stereocenters. The lowest BCUT2D eigenvalue weighted by Gasteiger charge is -2.23. The summed E-state index contributed by atoms with van der Waals surface area (Å²) in [7, 11) is -8.90. The predicted molar refractivity (Wildman–Crippen MR) is 186 cm³/mol. The third-order valence-electron chi connectivity index (χ3n) is 8.86. The summed E-state index contributed by atoms with van der Waals surface area (Å²) in [6, 6.07) is 15.5. The lowest BCUT2D eigenvalue weighted by molar-refractivity contribution is 0.443. The number of sulfonamides is 1. The van der Waals surface area contributed by atoms with Crippen LogP contribution in [0.5, 0.6) is 0 Å². The summed E-state index contributed by atoms with van der Waals surface area (Å²) in [6.45, 7) is 15.9. The number of hydrogen-bond acceptors (Lipinski definition) is 6. The van der Waals surface area contributed by atoms with Crippen LogP contribution in [-0.4, -0.2) is 54.1 Å². The van der Waals surface area contributed by atoms with Crippen molar-refractivity contribution < 1.29 is 25.8 Å². The van der Waals surface area contributed by atoms with Crippen LogP contribution in [0.15, 0.2) is 68.8 Å². The number of rotatable bonds is 15. The van der Waals surface area contributed by atoms with Crippen molar-refractivity contribution in [1.29, 1.82) is 0 Å². The summed E-state index contributed by atoms with van der Waals surface area (Å²) in [5, 5.41) is 1.66. The molecule has 9 nitrogen and oxygen atoms in total. The molecule has 0 amide bonds. The van der Waals surface area contributed by atoms with Crippen LogP contribution < -0.4 is 19.6 Å². The van der Waals surface area contributed by atoms with Crippen LogP contribution in [0.3, 0.4) is 0 Å². The van der Waals surface area contributed by atoms with Gasteiger partial charge in [0, 0.05) is 59.5 Å². The second-order valence-corrected chi connectivity index (χ2v) is 14.7. The maximum Gasteiger partial charge on any atom is 0.294 e. The molecule has 46 heavy (non-hydrogen) atoms. The summed E-state index contributed by atoms with van der Waals surface area (Å²) in [5.41, 5.74) is 3.15. The molecule has 0 radical (unpaired) electrons. The third kappa shape index (κ3) is 7.65. The first-order valence-corrected chi connectivity index (χ1v) is 19.3. The van der Waals surface area contributed by atoms with Crippen molar-refractivity contribution in [2.45, 2.75) is 77.0 Å². The molecule has 0 spiro atoms. The number of unbranched alkanes of at least 4 members (excludes halogenated alkanes) is 1. The largest absolute Gasteiger partial charge is 0.456 e. The van der Waals surface area contributed by atoms with E-state index >= 15 is 0 Å². The molecule has 1 atom stereocenters. The second-order valence-electron chi connectivity index (χ2n) is 11.6. The molecule has 11 heteroatoms. The normalized spacial score (nSPS) is 12.9. The number of anilines is 1. The van der Waals surface area contributed by atoms with Crippen molar-refractivity contribution in [2.24, 2.45) is 5.92 Å². The molecule has 2 aromatic rings. The van der Waals surface area contributed by atoms with Crippen molar-refractivity contribution in [3.8, 4) is 22.5 Å². The van der Waals surface area contributed by atoms with E-state index < -0.39 is 25.0 Å². The molecule has 0 saturated carbocycles. The minimum absolute atomic E-state index is 0.136. The van der Waals surface area contributed by atoms with Gasteiger partial charge in [0.2, 0.25) is 15.4 Å². The number of fused-ring (bicyclic) bond motifs is 2. The lowest BCUT2D eigenvalue weighted by atomic mass is 9.93. The summed E-state index contributed by atoms with van der Waals surface area (Å²) >= 11 is 0. The molecule has 0 saturated heterocycles.